The second-order valence-electron chi connectivity index (χ2n) is 6.17. The molecule has 0 aliphatic carbocycles. The highest BCUT2D eigenvalue weighted by Crippen LogP contribution is 2.33. The van der Waals surface area contributed by atoms with Crippen LogP contribution in [0.5, 0.6) is 5.75 Å². The van der Waals surface area contributed by atoms with Gasteiger partial charge in [0.05, 0.1) is 24.4 Å². The molecular weight excluding hydrogens is 316 g/mol. The van der Waals surface area contributed by atoms with Crippen molar-refractivity contribution in [2.24, 2.45) is 5.10 Å². The number of hydrogen-bond acceptors (Lipinski definition) is 5. The van der Waals surface area contributed by atoms with Crippen LogP contribution in [0.25, 0.3) is 11.0 Å². The number of ether oxygens (including phenoxy) is 1. The molecule has 2 aromatic carbocycles. The van der Waals surface area contributed by atoms with E-state index in [1.165, 1.54) is 17.2 Å². The van der Waals surface area contributed by atoms with Crippen molar-refractivity contribution in [1.82, 2.24) is 5.43 Å². The molecular formula is C20H18N2O3. The second kappa shape index (κ2) is 6.09. The summed E-state index contributed by atoms with van der Waals surface area (Å²) in [5.41, 5.74) is 7.26. The van der Waals surface area contributed by atoms with Crippen LogP contribution in [0.1, 0.15) is 29.2 Å². The molecule has 25 heavy (non-hydrogen) atoms. The van der Waals surface area contributed by atoms with E-state index in [0.29, 0.717) is 17.8 Å². The standard InChI is InChI=1S/C20H18N2O3/c1-12-3-5-13(6-4-12)15-11-16(22-21-15)19-17(24-2)9-7-14-8-10-18(23)25-20(14)19/h3-10,15,21H,11H2,1-2H3. The van der Waals surface area contributed by atoms with Crippen molar-refractivity contribution in [3.63, 3.8) is 0 Å². The molecule has 0 radical (unpaired) electrons. The maximum atomic E-state index is 11.7. The van der Waals surface area contributed by atoms with Crippen LogP contribution in [0.4, 0.5) is 0 Å². The number of benzene rings is 2. The molecule has 1 aromatic heterocycles. The highest BCUT2D eigenvalue weighted by atomic mass is 16.5. The molecule has 0 bridgehead atoms. The van der Waals surface area contributed by atoms with Gasteiger partial charge < -0.3 is 14.6 Å². The molecule has 0 fully saturated rings. The fourth-order valence-electron chi connectivity index (χ4n) is 3.15. The van der Waals surface area contributed by atoms with Crippen LogP contribution in [0.15, 0.2) is 62.8 Å². The van der Waals surface area contributed by atoms with Gasteiger partial charge in [-0.2, -0.15) is 5.10 Å². The van der Waals surface area contributed by atoms with Crippen LogP contribution >= 0.6 is 0 Å². The number of hydrazone groups is 1. The molecule has 5 nitrogen and oxygen atoms in total. The van der Waals surface area contributed by atoms with E-state index >= 15 is 0 Å². The summed E-state index contributed by atoms with van der Waals surface area (Å²) in [4.78, 5) is 11.7. The lowest BCUT2D eigenvalue weighted by atomic mass is 9.97. The van der Waals surface area contributed by atoms with Crippen LogP contribution in [0, 0.1) is 6.92 Å². The van der Waals surface area contributed by atoms with Gasteiger partial charge in [-0.25, -0.2) is 4.79 Å². The molecule has 0 saturated heterocycles. The molecule has 0 spiro atoms. The lowest BCUT2D eigenvalue weighted by Gasteiger charge is -2.12. The zero-order valence-corrected chi connectivity index (χ0v) is 14.1. The molecule has 4 rings (SSSR count). The van der Waals surface area contributed by atoms with Gasteiger partial charge in [0.15, 0.2) is 5.58 Å². The highest BCUT2D eigenvalue weighted by Gasteiger charge is 2.26. The van der Waals surface area contributed by atoms with Gasteiger partial charge in [0.1, 0.15) is 5.75 Å². The molecule has 126 valence electrons. The minimum absolute atomic E-state index is 0.0889. The number of nitrogens with one attached hydrogen (secondary N) is 1. The van der Waals surface area contributed by atoms with Crippen molar-refractivity contribution in [1.29, 1.82) is 0 Å². The Labute approximate surface area is 144 Å². The normalized spacial score (nSPS) is 16.6. The van der Waals surface area contributed by atoms with E-state index in [0.717, 1.165) is 16.7 Å². The number of nitrogens with zero attached hydrogens (tertiary/aromatic N) is 1. The van der Waals surface area contributed by atoms with Crippen molar-refractivity contribution < 1.29 is 9.15 Å². The Morgan fingerprint density at radius 3 is 2.64 bits per heavy atom. The van der Waals surface area contributed by atoms with Crippen molar-refractivity contribution in [2.75, 3.05) is 7.11 Å². The lowest BCUT2D eigenvalue weighted by molar-refractivity contribution is 0.413. The number of fused-ring (bicyclic) bond motifs is 1. The predicted octanol–water partition coefficient (Wildman–Crippen LogP) is 3.55. The average molecular weight is 334 g/mol. The third kappa shape index (κ3) is 2.78. The first kappa shape index (κ1) is 15.4. The highest BCUT2D eigenvalue weighted by molar-refractivity contribution is 6.12. The van der Waals surface area contributed by atoms with E-state index in [1.54, 1.807) is 13.2 Å². The fourth-order valence-corrected chi connectivity index (χ4v) is 3.15. The monoisotopic (exact) mass is 334 g/mol. The Balaban J connectivity index is 1.76. The van der Waals surface area contributed by atoms with E-state index in [4.69, 9.17) is 9.15 Å². The summed E-state index contributed by atoms with van der Waals surface area (Å²) >= 11 is 0. The van der Waals surface area contributed by atoms with E-state index < -0.39 is 0 Å². The largest absolute Gasteiger partial charge is 0.496 e. The molecule has 1 unspecified atom stereocenters. The third-order valence-electron chi connectivity index (χ3n) is 4.49. The van der Waals surface area contributed by atoms with Gasteiger partial charge in [-0.15, -0.1) is 0 Å². The molecule has 2 heterocycles. The van der Waals surface area contributed by atoms with Gasteiger partial charge in [-0.1, -0.05) is 29.8 Å². The SMILES string of the molecule is COc1ccc2ccc(=O)oc2c1C1=NNC(c2ccc(C)cc2)C1. The minimum atomic E-state index is -0.386. The van der Waals surface area contributed by atoms with Crippen LogP contribution in [-0.4, -0.2) is 12.8 Å². The molecule has 5 heteroatoms. The summed E-state index contributed by atoms with van der Waals surface area (Å²) in [7, 11) is 1.60. The van der Waals surface area contributed by atoms with Crippen molar-refractivity contribution in [2.45, 2.75) is 19.4 Å². The Morgan fingerprint density at radius 1 is 1.12 bits per heavy atom. The fraction of sp³-hybridized carbons (Fsp3) is 0.200. The maximum Gasteiger partial charge on any atom is 0.336 e. The molecule has 3 aromatic rings. The predicted molar refractivity (Wildman–Crippen MR) is 97.2 cm³/mol. The number of rotatable bonds is 3. The van der Waals surface area contributed by atoms with Gasteiger partial charge in [0, 0.05) is 17.9 Å². The second-order valence-corrected chi connectivity index (χ2v) is 6.17. The number of hydrogen-bond donors (Lipinski definition) is 1. The lowest BCUT2D eigenvalue weighted by Crippen LogP contribution is -2.10. The molecule has 1 N–H and O–H groups in total. The first-order valence-electron chi connectivity index (χ1n) is 8.15. The van der Waals surface area contributed by atoms with Crippen LogP contribution in [-0.2, 0) is 0 Å². The van der Waals surface area contributed by atoms with Crippen molar-refractivity contribution in [3.05, 3.63) is 75.6 Å². The molecule has 1 atom stereocenters. The summed E-state index contributed by atoms with van der Waals surface area (Å²) in [6.07, 6.45) is 0.692. The van der Waals surface area contributed by atoms with Gasteiger partial charge in [-0.3, -0.25) is 0 Å². The first-order chi connectivity index (χ1) is 12.2. The number of aryl methyl sites for hydroxylation is 1. The first-order valence-corrected chi connectivity index (χ1v) is 8.15. The molecule has 0 amide bonds. The van der Waals surface area contributed by atoms with E-state index in [2.05, 4.69) is 41.7 Å². The molecule has 1 aliphatic heterocycles. The summed E-state index contributed by atoms with van der Waals surface area (Å²) in [6, 6.07) is 15.4. The summed E-state index contributed by atoms with van der Waals surface area (Å²) in [5, 5.41) is 5.34. The zero-order valence-electron chi connectivity index (χ0n) is 14.1. The summed E-state index contributed by atoms with van der Waals surface area (Å²) in [6.45, 7) is 2.07. The van der Waals surface area contributed by atoms with Crippen LogP contribution in [0.2, 0.25) is 0 Å². The van der Waals surface area contributed by atoms with E-state index in [9.17, 15) is 4.79 Å². The van der Waals surface area contributed by atoms with Gasteiger partial charge in [0.2, 0.25) is 0 Å². The Bertz CT molecular complexity index is 1020. The van der Waals surface area contributed by atoms with Gasteiger partial charge in [0.25, 0.3) is 0 Å². The van der Waals surface area contributed by atoms with Crippen molar-refractivity contribution in [3.8, 4) is 5.75 Å². The maximum absolute atomic E-state index is 11.7. The smallest absolute Gasteiger partial charge is 0.336 e. The topological polar surface area (TPSA) is 63.8 Å². The Kier molecular flexibility index (Phi) is 3.76. The molecule has 0 saturated carbocycles. The quantitative estimate of drug-likeness (QED) is 0.744. The number of methoxy groups -OCH3 is 1. The van der Waals surface area contributed by atoms with Gasteiger partial charge in [-0.05, 0) is 30.7 Å². The zero-order chi connectivity index (χ0) is 17.4. The van der Waals surface area contributed by atoms with Crippen LogP contribution in [0.3, 0.4) is 0 Å². The molecule has 1 aliphatic rings. The average Bonchev–Trinajstić information content (AvgIpc) is 3.10. The van der Waals surface area contributed by atoms with Gasteiger partial charge >= 0.3 is 5.63 Å². The Hall–Kier alpha value is -3.08. The third-order valence-corrected chi connectivity index (χ3v) is 4.49. The van der Waals surface area contributed by atoms with Crippen molar-refractivity contribution >= 4 is 16.7 Å². The van der Waals surface area contributed by atoms with Crippen LogP contribution < -0.4 is 15.8 Å². The summed E-state index contributed by atoms with van der Waals surface area (Å²) in [5.74, 6) is 0.645. The summed E-state index contributed by atoms with van der Waals surface area (Å²) < 4.78 is 11.0. The van der Waals surface area contributed by atoms with E-state index in [1.807, 2.05) is 12.1 Å². The minimum Gasteiger partial charge on any atom is -0.496 e. The van der Waals surface area contributed by atoms with E-state index in [-0.39, 0.29) is 11.7 Å². The Morgan fingerprint density at radius 2 is 1.88 bits per heavy atom.